The summed E-state index contributed by atoms with van der Waals surface area (Å²) in [5.41, 5.74) is 1.95. The van der Waals surface area contributed by atoms with E-state index < -0.39 is 0 Å². The highest BCUT2D eigenvalue weighted by molar-refractivity contribution is 5.80. The number of pyridine rings is 1. The van der Waals surface area contributed by atoms with Crippen molar-refractivity contribution in [1.29, 1.82) is 0 Å². The third-order valence-corrected chi connectivity index (χ3v) is 4.11. The van der Waals surface area contributed by atoms with Crippen LogP contribution in [-0.4, -0.2) is 43.1 Å². The van der Waals surface area contributed by atoms with E-state index in [1.807, 2.05) is 35.2 Å². The minimum atomic E-state index is 0.118. The maximum absolute atomic E-state index is 12.4. The largest absolute Gasteiger partial charge is 0.497 e. The highest BCUT2D eigenvalue weighted by Crippen LogP contribution is 2.27. The Morgan fingerprint density at radius 3 is 2.43 bits per heavy atom. The van der Waals surface area contributed by atoms with Crippen molar-refractivity contribution in [2.24, 2.45) is 0 Å². The molecule has 0 radical (unpaired) electrons. The quantitative estimate of drug-likeness (QED) is 0.850. The lowest BCUT2D eigenvalue weighted by Crippen LogP contribution is -2.49. The maximum atomic E-state index is 12.4. The lowest BCUT2D eigenvalue weighted by molar-refractivity contribution is -0.134. The number of ether oxygens (including phenoxy) is 2. The molecule has 1 aromatic carbocycles. The van der Waals surface area contributed by atoms with Crippen LogP contribution in [0.5, 0.6) is 11.5 Å². The molecule has 5 nitrogen and oxygen atoms in total. The summed E-state index contributed by atoms with van der Waals surface area (Å²) in [5.74, 6) is 1.86. The second kappa shape index (κ2) is 6.69. The second-order valence-corrected chi connectivity index (χ2v) is 5.65. The van der Waals surface area contributed by atoms with Gasteiger partial charge in [-0.05, 0) is 29.8 Å². The van der Waals surface area contributed by atoms with E-state index in [0.29, 0.717) is 23.8 Å². The van der Waals surface area contributed by atoms with E-state index in [0.717, 1.165) is 24.3 Å². The molecule has 1 saturated heterocycles. The van der Waals surface area contributed by atoms with Crippen molar-refractivity contribution >= 4 is 5.91 Å². The molecule has 3 rings (SSSR count). The number of likely N-dealkylation sites (tertiary alicyclic amines) is 1. The number of hydrogen-bond acceptors (Lipinski definition) is 4. The van der Waals surface area contributed by atoms with Crippen LogP contribution in [-0.2, 0) is 11.2 Å². The molecule has 0 spiro atoms. The topological polar surface area (TPSA) is 51.7 Å². The molecule has 2 aromatic rings. The average Bonchev–Trinajstić information content (AvgIpc) is 2.54. The van der Waals surface area contributed by atoms with Gasteiger partial charge in [0.15, 0.2) is 0 Å². The lowest BCUT2D eigenvalue weighted by Gasteiger charge is -2.39. The molecular weight excluding hydrogens is 292 g/mol. The van der Waals surface area contributed by atoms with Crippen molar-refractivity contribution in [3.63, 3.8) is 0 Å². The van der Waals surface area contributed by atoms with Gasteiger partial charge in [0.1, 0.15) is 11.5 Å². The van der Waals surface area contributed by atoms with Crippen LogP contribution in [0.15, 0.2) is 42.6 Å². The fourth-order valence-corrected chi connectivity index (χ4v) is 2.74. The summed E-state index contributed by atoms with van der Waals surface area (Å²) < 4.78 is 10.5. The normalized spacial score (nSPS) is 14.3. The molecule has 120 valence electrons. The summed E-state index contributed by atoms with van der Waals surface area (Å²) in [5, 5.41) is 0. The van der Waals surface area contributed by atoms with Gasteiger partial charge in [0.2, 0.25) is 5.91 Å². The van der Waals surface area contributed by atoms with Crippen LogP contribution >= 0.6 is 0 Å². The Morgan fingerprint density at radius 2 is 1.87 bits per heavy atom. The first kappa shape index (κ1) is 15.3. The number of rotatable bonds is 5. The van der Waals surface area contributed by atoms with Gasteiger partial charge in [-0.25, -0.2) is 0 Å². The molecule has 0 saturated carbocycles. The van der Waals surface area contributed by atoms with E-state index in [4.69, 9.17) is 9.47 Å². The highest BCUT2D eigenvalue weighted by atomic mass is 16.5. The first-order chi connectivity index (χ1) is 11.2. The summed E-state index contributed by atoms with van der Waals surface area (Å²) in [6, 6.07) is 11.4. The minimum Gasteiger partial charge on any atom is -0.497 e. The molecule has 1 amide bonds. The summed E-state index contributed by atoms with van der Waals surface area (Å²) in [4.78, 5) is 18.6. The van der Waals surface area contributed by atoms with E-state index in [2.05, 4.69) is 4.98 Å². The molecular formula is C18H20N2O3. The van der Waals surface area contributed by atoms with Crippen LogP contribution in [0.4, 0.5) is 0 Å². The maximum Gasteiger partial charge on any atom is 0.227 e. The van der Waals surface area contributed by atoms with Crippen LogP contribution < -0.4 is 9.47 Å². The van der Waals surface area contributed by atoms with Gasteiger partial charge in [0.05, 0.1) is 20.6 Å². The summed E-state index contributed by atoms with van der Waals surface area (Å²) in [7, 11) is 3.21. The van der Waals surface area contributed by atoms with Gasteiger partial charge in [-0.1, -0.05) is 6.07 Å². The number of aromatic nitrogens is 1. The molecule has 0 aliphatic carbocycles. The van der Waals surface area contributed by atoms with Gasteiger partial charge >= 0.3 is 0 Å². The summed E-state index contributed by atoms with van der Waals surface area (Å²) in [6.45, 7) is 1.47. The molecule has 1 aliphatic heterocycles. The number of hydrogen-bond donors (Lipinski definition) is 0. The van der Waals surface area contributed by atoms with E-state index in [1.165, 1.54) is 0 Å². The van der Waals surface area contributed by atoms with Crippen molar-refractivity contribution < 1.29 is 14.3 Å². The van der Waals surface area contributed by atoms with Crippen LogP contribution in [0.25, 0.3) is 0 Å². The van der Waals surface area contributed by atoms with E-state index in [-0.39, 0.29) is 5.91 Å². The SMILES string of the molecule is COc1cc(CC(=O)N2CC(c3ccccn3)C2)cc(OC)c1. The molecule has 0 atom stereocenters. The number of methoxy groups -OCH3 is 2. The predicted octanol–water partition coefficient (Wildman–Crippen LogP) is 2.27. The van der Waals surface area contributed by atoms with E-state index >= 15 is 0 Å². The number of amides is 1. The van der Waals surface area contributed by atoms with Crippen molar-refractivity contribution in [1.82, 2.24) is 9.88 Å². The zero-order valence-corrected chi connectivity index (χ0v) is 13.4. The Morgan fingerprint density at radius 1 is 1.17 bits per heavy atom. The van der Waals surface area contributed by atoms with Gasteiger partial charge in [-0.15, -0.1) is 0 Å². The van der Waals surface area contributed by atoms with Crippen molar-refractivity contribution in [3.8, 4) is 11.5 Å². The zero-order valence-electron chi connectivity index (χ0n) is 13.4. The number of carbonyl (C=O) groups is 1. The molecule has 1 aliphatic rings. The highest BCUT2D eigenvalue weighted by Gasteiger charge is 2.32. The number of benzene rings is 1. The monoisotopic (exact) mass is 312 g/mol. The van der Waals surface area contributed by atoms with Gasteiger partial charge in [0.25, 0.3) is 0 Å². The molecule has 0 bridgehead atoms. The molecule has 23 heavy (non-hydrogen) atoms. The predicted molar refractivity (Wildman–Crippen MR) is 86.8 cm³/mol. The molecule has 0 N–H and O–H groups in total. The zero-order chi connectivity index (χ0) is 16.2. The number of nitrogens with zero attached hydrogens (tertiary/aromatic N) is 2. The first-order valence-corrected chi connectivity index (χ1v) is 7.60. The Labute approximate surface area is 135 Å². The first-order valence-electron chi connectivity index (χ1n) is 7.60. The third kappa shape index (κ3) is 3.44. The van der Waals surface area contributed by atoms with Crippen molar-refractivity contribution in [2.45, 2.75) is 12.3 Å². The van der Waals surface area contributed by atoms with Crippen LogP contribution in [0.3, 0.4) is 0 Å². The van der Waals surface area contributed by atoms with Crippen LogP contribution in [0.2, 0.25) is 0 Å². The third-order valence-electron chi connectivity index (χ3n) is 4.11. The van der Waals surface area contributed by atoms with E-state index in [1.54, 1.807) is 26.5 Å². The second-order valence-electron chi connectivity index (χ2n) is 5.65. The minimum absolute atomic E-state index is 0.118. The molecule has 1 aromatic heterocycles. The van der Waals surface area contributed by atoms with Crippen molar-refractivity contribution in [2.75, 3.05) is 27.3 Å². The van der Waals surface area contributed by atoms with Gasteiger partial charge in [-0.3, -0.25) is 9.78 Å². The fourth-order valence-electron chi connectivity index (χ4n) is 2.74. The molecule has 2 heterocycles. The fraction of sp³-hybridized carbons (Fsp3) is 0.333. The van der Waals surface area contributed by atoms with E-state index in [9.17, 15) is 4.79 Å². The molecule has 5 heteroatoms. The van der Waals surface area contributed by atoms with Crippen molar-refractivity contribution in [3.05, 3.63) is 53.9 Å². The standard InChI is InChI=1S/C18H20N2O3/c1-22-15-7-13(8-16(10-15)23-2)9-18(21)20-11-14(12-20)17-5-3-4-6-19-17/h3-8,10,14H,9,11-12H2,1-2H3. The smallest absolute Gasteiger partial charge is 0.227 e. The molecule has 1 fully saturated rings. The molecule has 0 unspecified atom stereocenters. The average molecular weight is 312 g/mol. The summed E-state index contributed by atoms with van der Waals surface area (Å²) >= 11 is 0. The van der Waals surface area contributed by atoms with Crippen LogP contribution in [0, 0.1) is 0 Å². The summed E-state index contributed by atoms with van der Waals surface area (Å²) in [6.07, 6.45) is 2.14. The van der Waals surface area contributed by atoms with Gasteiger partial charge < -0.3 is 14.4 Å². The Hall–Kier alpha value is -2.56. The van der Waals surface area contributed by atoms with Crippen LogP contribution in [0.1, 0.15) is 17.2 Å². The van der Waals surface area contributed by atoms with Gasteiger partial charge in [0, 0.05) is 37.0 Å². The Kier molecular flexibility index (Phi) is 4.46. The Balaban J connectivity index is 1.60. The Bertz CT molecular complexity index is 660. The lowest BCUT2D eigenvalue weighted by atomic mass is 9.95. The van der Waals surface area contributed by atoms with Gasteiger partial charge in [-0.2, -0.15) is 0 Å². The number of carbonyl (C=O) groups excluding carboxylic acids is 1.